The number of rotatable bonds is 3. The van der Waals surface area contributed by atoms with Crippen molar-refractivity contribution < 1.29 is 4.52 Å². The van der Waals surface area contributed by atoms with Crippen molar-refractivity contribution in [1.29, 1.82) is 0 Å². The first-order chi connectivity index (χ1) is 9.78. The minimum absolute atomic E-state index is 0.255. The lowest BCUT2D eigenvalue weighted by Gasteiger charge is -2.23. The van der Waals surface area contributed by atoms with Gasteiger partial charge in [-0.1, -0.05) is 24.6 Å². The minimum Gasteiger partial charge on any atom is -0.339 e. The van der Waals surface area contributed by atoms with Crippen LogP contribution in [0.2, 0.25) is 0 Å². The quantitative estimate of drug-likeness (QED) is 0.929. The molecule has 20 heavy (non-hydrogen) atoms. The monoisotopic (exact) mass is 272 g/mol. The molecule has 2 unspecified atom stereocenters. The highest BCUT2D eigenvalue weighted by Crippen LogP contribution is 2.32. The highest BCUT2D eigenvalue weighted by molar-refractivity contribution is 5.53. The Bertz CT molecular complexity index is 581. The molecule has 106 valence electrons. The molecule has 2 aromatic heterocycles. The zero-order valence-corrected chi connectivity index (χ0v) is 11.7. The fourth-order valence-electron chi connectivity index (χ4n) is 2.87. The molecule has 0 spiro atoms. The second-order valence-corrected chi connectivity index (χ2v) is 5.44. The van der Waals surface area contributed by atoms with Crippen molar-refractivity contribution in [2.45, 2.75) is 51.0 Å². The van der Waals surface area contributed by atoms with Crippen LogP contribution < -0.4 is 5.73 Å². The maximum atomic E-state index is 6.02. The van der Waals surface area contributed by atoms with Crippen molar-refractivity contribution in [1.82, 2.24) is 15.1 Å². The Kier molecular flexibility index (Phi) is 3.78. The van der Waals surface area contributed by atoms with Crippen LogP contribution in [0.25, 0.3) is 11.5 Å². The molecule has 2 N–H and O–H groups in total. The van der Waals surface area contributed by atoms with E-state index in [0.29, 0.717) is 17.6 Å². The number of aromatic nitrogens is 3. The van der Waals surface area contributed by atoms with Gasteiger partial charge in [0.1, 0.15) is 5.69 Å². The lowest BCUT2D eigenvalue weighted by Crippen LogP contribution is -2.26. The number of pyridine rings is 1. The zero-order valence-electron chi connectivity index (χ0n) is 11.7. The Morgan fingerprint density at radius 3 is 3.10 bits per heavy atom. The van der Waals surface area contributed by atoms with Crippen molar-refractivity contribution in [2.75, 3.05) is 0 Å². The number of nitrogens with two attached hydrogens (primary N) is 1. The normalized spacial score (nSPS) is 22.9. The minimum atomic E-state index is 0.255. The summed E-state index contributed by atoms with van der Waals surface area (Å²) >= 11 is 0. The van der Waals surface area contributed by atoms with Gasteiger partial charge in [0.25, 0.3) is 0 Å². The van der Waals surface area contributed by atoms with Crippen molar-refractivity contribution in [3.63, 3.8) is 0 Å². The van der Waals surface area contributed by atoms with E-state index >= 15 is 0 Å². The van der Waals surface area contributed by atoms with Crippen LogP contribution in [0.15, 0.2) is 22.9 Å². The van der Waals surface area contributed by atoms with Crippen LogP contribution in [0.1, 0.15) is 50.0 Å². The van der Waals surface area contributed by atoms with Gasteiger partial charge in [-0.25, -0.2) is 0 Å². The van der Waals surface area contributed by atoms with Gasteiger partial charge in [-0.15, -0.1) is 0 Å². The summed E-state index contributed by atoms with van der Waals surface area (Å²) in [5, 5.41) is 4.11. The molecule has 5 heteroatoms. The first-order valence-electron chi connectivity index (χ1n) is 7.31. The second-order valence-electron chi connectivity index (χ2n) is 5.44. The third kappa shape index (κ3) is 2.58. The van der Waals surface area contributed by atoms with Crippen molar-refractivity contribution >= 4 is 0 Å². The largest absolute Gasteiger partial charge is 0.339 e. The van der Waals surface area contributed by atoms with Gasteiger partial charge < -0.3 is 10.3 Å². The van der Waals surface area contributed by atoms with E-state index in [2.05, 4.69) is 28.1 Å². The lowest BCUT2D eigenvalue weighted by atomic mass is 9.86. The van der Waals surface area contributed by atoms with Gasteiger partial charge in [-0.2, -0.15) is 4.98 Å². The summed E-state index contributed by atoms with van der Waals surface area (Å²) in [5.74, 6) is 1.60. The molecule has 1 saturated carbocycles. The molecular formula is C15H20N4O. The van der Waals surface area contributed by atoms with E-state index in [9.17, 15) is 0 Å². The number of hydrogen-bond donors (Lipinski definition) is 1. The first kappa shape index (κ1) is 13.2. The van der Waals surface area contributed by atoms with Crippen molar-refractivity contribution in [2.24, 2.45) is 5.73 Å². The predicted octanol–water partition coefficient (Wildman–Crippen LogP) is 2.68. The second kappa shape index (κ2) is 5.71. The maximum absolute atomic E-state index is 6.02. The average molecular weight is 272 g/mol. The highest BCUT2D eigenvalue weighted by atomic mass is 16.5. The molecule has 0 saturated heterocycles. The fraction of sp³-hybridized carbons (Fsp3) is 0.533. The summed E-state index contributed by atoms with van der Waals surface area (Å²) in [7, 11) is 0. The Hall–Kier alpha value is -1.75. The first-order valence-corrected chi connectivity index (χ1v) is 7.31. The van der Waals surface area contributed by atoms with E-state index in [0.717, 1.165) is 43.4 Å². The van der Waals surface area contributed by atoms with Gasteiger partial charge in [-0.05, 0) is 37.3 Å². The summed E-state index contributed by atoms with van der Waals surface area (Å²) in [6, 6.07) is 4.24. The van der Waals surface area contributed by atoms with E-state index in [1.54, 1.807) is 6.20 Å². The SMILES string of the molecule is CCc1cccnc1-c1noc(C2CCCC(N)C2)n1. The molecule has 0 aromatic carbocycles. The highest BCUT2D eigenvalue weighted by Gasteiger charge is 2.26. The molecule has 1 fully saturated rings. The molecule has 0 aliphatic heterocycles. The van der Waals surface area contributed by atoms with Crippen LogP contribution in [-0.4, -0.2) is 21.2 Å². The Morgan fingerprint density at radius 1 is 1.40 bits per heavy atom. The van der Waals surface area contributed by atoms with Crippen LogP contribution in [0.4, 0.5) is 0 Å². The van der Waals surface area contributed by atoms with Gasteiger partial charge in [0.2, 0.25) is 11.7 Å². The van der Waals surface area contributed by atoms with Crippen molar-refractivity contribution in [3.05, 3.63) is 29.8 Å². The van der Waals surface area contributed by atoms with Gasteiger partial charge in [0, 0.05) is 18.2 Å². The summed E-state index contributed by atoms with van der Waals surface area (Å²) in [6.45, 7) is 2.10. The molecule has 0 amide bonds. The molecule has 0 bridgehead atoms. The number of aryl methyl sites for hydroxylation is 1. The molecule has 2 heterocycles. The topological polar surface area (TPSA) is 77.8 Å². The van der Waals surface area contributed by atoms with Gasteiger partial charge >= 0.3 is 0 Å². The molecule has 0 radical (unpaired) electrons. The maximum Gasteiger partial charge on any atom is 0.230 e. The molecule has 2 atom stereocenters. The predicted molar refractivity (Wildman–Crippen MR) is 76.1 cm³/mol. The lowest BCUT2D eigenvalue weighted by molar-refractivity contribution is 0.299. The van der Waals surface area contributed by atoms with Gasteiger partial charge in [0.05, 0.1) is 0 Å². The number of nitrogens with zero attached hydrogens (tertiary/aromatic N) is 3. The third-order valence-corrected chi connectivity index (χ3v) is 3.99. The van der Waals surface area contributed by atoms with Crippen LogP contribution in [0.3, 0.4) is 0 Å². The Morgan fingerprint density at radius 2 is 2.30 bits per heavy atom. The summed E-state index contributed by atoms with van der Waals surface area (Å²) in [5.41, 5.74) is 7.99. The van der Waals surface area contributed by atoms with E-state index in [-0.39, 0.29) is 6.04 Å². The summed E-state index contributed by atoms with van der Waals surface area (Å²) in [6.07, 6.45) is 6.91. The van der Waals surface area contributed by atoms with Crippen LogP contribution >= 0.6 is 0 Å². The van der Waals surface area contributed by atoms with Crippen molar-refractivity contribution in [3.8, 4) is 11.5 Å². The molecule has 2 aromatic rings. The van der Waals surface area contributed by atoms with E-state index in [1.165, 1.54) is 0 Å². The smallest absolute Gasteiger partial charge is 0.230 e. The van der Waals surface area contributed by atoms with Crippen LogP contribution in [0, 0.1) is 0 Å². The summed E-state index contributed by atoms with van der Waals surface area (Å²) < 4.78 is 5.45. The number of hydrogen-bond acceptors (Lipinski definition) is 5. The Balaban J connectivity index is 1.86. The van der Waals surface area contributed by atoms with Crippen LogP contribution in [0.5, 0.6) is 0 Å². The molecule has 3 rings (SSSR count). The average Bonchev–Trinajstić information content (AvgIpc) is 2.97. The van der Waals surface area contributed by atoms with E-state index in [1.807, 2.05) is 6.07 Å². The van der Waals surface area contributed by atoms with E-state index < -0.39 is 0 Å². The standard InChI is InChI=1S/C15H20N4O/c1-2-10-6-4-8-17-13(10)14-18-15(20-19-14)11-5-3-7-12(16)9-11/h4,6,8,11-12H,2-3,5,7,9,16H2,1H3. The molecule has 5 nitrogen and oxygen atoms in total. The zero-order chi connectivity index (χ0) is 13.9. The van der Waals surface area contributed by atoms with Crippen LogP contribution in [-0.2, 0) is 6.42 Å². The molecular weight excluding hydrogens is 252 g/mol. The molecule has 1 aliphatic rings. The van der Waals surface area contributed by atoms with Gasteiger partial charge in [-0.3, -0.25) is 4.98 Å². The molecule has 1 aliphatic carbocycles. The summed E-state index contributed by atoms with van der Waals surface area (Å²) in [4.78, 5) is 8.93. The van der Waals surface area contributed by atoms with Gasteiger partial charge in [0.15, 0.2) is 0 Å². The fourth-order valence-corrected chi connectivity index (χ4v) is 2.87. The third-order valence-electron chi connectivity index (χ3n) is 3.99. The Labute approximate surface area is 118 Å². The van der Waals surface area contributed by atoms with E-state index in [4.69, 9.17) is 10.3 Å².